The Morgan fingerprint density at radius 3 is 2.47 bits per heavy atom. The summed E-state index contributed by atoms with van der Waals surface area (Å²) in [5.74, 6) is 0.601. The Morgan fingerprint density at radius 2 is 1.79 bits per heavy atom. The molecular weight excluding hydrogens is 286 g/mol. The number of hydrogen-bond acceptors (Lipinski definition) is 3. The van der Waals surface area contributed by atoms with Crippen molar-refractivity contribution in [1.82, 2.24) is 0 Å². The quantitative estimate of drug-likeness (QED) is 0.851. The minimum atomic E-state index is -1.48. The summed E-state index contributed by atoms with van der Waals surface area (Å²) in [4.78, 5) is 0. The van der Waals surface area contributed by atoms with E-state index < -0.39 is 7.12 Å². The molecule has 0 fully saturated rings. The smallest absolute Gasteiger partial charge is 0.488 e. The second kappa shape index (κ2) is 6.30. The number of benzene rings is 2. The summed E-state index contributed by atoms with van der Waals surface area (Å²) >= 11 is 11.7. The zero-order valence-corrected chi connectivity index (χ0v) is 11.4. The normalized spacial score (nSPS) is 10.3. The molecule has 0 aromatic heterocycles. The molecule has 0 saturated heterocycles. The average molecular weight is 297 g/mol. The molecule has 0 unspecified atom stereocenters. The zero-order chi connectivity index (χ0) is 13.8. The maximum absolute atomic E-state index is 9.08. The molecule has 0 amide bonds. The molecule has 0 atom stereocenters. The van der Waals surface area contributed by atoms with Crippen molar-refractivity contribution in [3.8, 4) is 5.75 Å². The van der Waals surface area contributed by atoms with Crippen LogP contribution in [-0.4, -0.2) is 17.2 Å². The number of hydrogen-bond donors (Lipinski definition) is 2. The third-order valence-corrected chi connectivity index (χ3v) is 3.28. The Hall–Kier alpha value is -1.20. The first kappa shape index (κ1) is 14.2. The van der Waals surface area contributed by atoms with Gasteiger partial charge in [-0.3, -0.25) is 0 Å². The predicted octanol–water partition coefficient (Wildman–Crippen LogP) is 2.25. The van der Waals surface area contributed by atoms with Crippen LogP contribution < -0.4 is 10.2 Å². The maximum Gasteiger partial charge on any atom is 0.488 e. The van der Waals surface area contributed by atoms with Gasteiger partial charge in [0.1, 0.15) is 12.4 Å². The van der Waals surface area contributed by atoms with Crippen molar-refractivity contribution in [2.75, 3.05) is 0 Å². The molecular formula is C13H11BCl2O3. The minimum absolute atomic E-state index is 0.304. The van der Waals surface area contributed by atoms with E-state index in [-0.39, 0.29) is 0 Å². The highest BCUT2D eigenvalue weighted by atomic mass is 35.5. The molecule has 2 aromatic carbocycles. The van der Waals surface area contributed by atoms with Gasteiger partial charge >= 0.3 is 7.12 Å². The molecule has 0 aliphatic rings. The lowest BCUT2D eigenvalue weighted by Gasteiger charge is -2.08. The first-order chi connectivity index (χ1) is 9.06. The summed E-state index contributed by atoms with van der Waals surface area (Å²) in [7, 11) is -1.48. The van der Waals surface area contributed by atoms with Gasteiger partial charge in [-0.2, -0.15) is 0 Å². The van der Waals surface area contributed by atoms with Crippen LogP contribution in [0.2, 0.25) is 10.0 Å². The van der Waals surface area contributed by atoms with Gasteiger partial charge in [-0.15, -0.1) is 0 Å². The van der Waals surface area contributed by atoms with Gasteiger partial charge in [0.2, 0.25) is 0 Å². The molecule has 0 aliphatic carbocycles. The van der Waals surface area contributed by atoms with Crippen molar-refractivity contribution in [3.63, 3.8) is 0 Å². The van der Waals surface area contributed by atoms with Crippen LogP contribution in [-0.2, 0) is 6.61 Å². The highest BCUT2D eigenvalue weighted by Gasteiger charge is 2.10. The summed E-state index contributed by atoms with van der Waals surface area (Å²) in [6.45, 7) is 0.304. The van der Waals surface area contributed by atoms with E-state index >= 15 is 0 Å². The van der Waals surface area contributed by atoms with Gasteiger partial charge in [-0.1, -0.05) is 47.5 Å². The van der Waals surface area contributed by atoms with Gasteiger partial charge in [0.25, 0.3) is 0 Å². The van der Waals surface area contributed by atoms with E-state index in [1.165, 1.54) is 0 Å². The molecule has 98 valence electrons. The van der Waals surface area contributed by atoms with E-state index in [0.717, 1.165) is 5.56 Å². The zero-order valence-electron chi connectivity index (χ0n) is 9.88. The van der Waals surface area contributed by atoms with Gasteiger partial charge < -0.3 is 14.8 Å². The molecule has 0 radical (unpaired) electrons. The average Bonchev–Trinajstić information content (AvgIpc) is 2.40. The number of ether oxygens (including phenoxy) is 1. The molecule has 0 bridgehead atoms. The lowest BCUT2D eigenvalue weighted by atomic mass is 9.80. The third kappa shape index (κ3) is 3.88. The molecule has 2 N–H and O–H groups in total. The van der Waals surface area contributed by atoms with Crippen molar-refractivity contribution in [2.45, 2.75) is 6.61 Å². The van der Waals surface area contributed by atoms with Gasteiger partial charge in [-0.25, -0.2) is 0 Å². The second-order valence-corrected chi connectivity index (χ2v) is 4.80. The van der Waals surface area contributed by atoms with Crippen molar-refractivity contribution in [1.29, 1.82) is 0 Å². The molecule has 2 aromatic rings. The highest BCUT2D eigenvalue weighted by Crippen LogP contribution is 2.26. The summed E-state index contributed by atoms with van der Waals surface area (Å²) < 4.78 is 5.56. The Morgan fingerprint density at radius 1 is 1.00 bits per heavy atom. The van der Waals surface area contributed by atoms with E-state index in [9.17, 15) is 0 Å². The second-order valence-electron chi connectivity index (χ2n) is 3.98. The molecule has 3 nitrogen and oxygen atoms in total. The van der Waals surface area contributed by atoms with E-state index in [0.29, 0.717) is 27.9 Å². The first-order valence-electron chi connectivity index (χ1n) is 5.59. The van der Waals surface area contributed by atoms with Crippen molar-refractivity contribution >= 4 is 35.8 Å². The highest BCUT2D eigenvalue weighted by molar-refractivity contribution is 6.58. The summed E-state index contributed by atoms with van der Waals surface area (Å²) in [6.07, 6.45) is 0. The summed E-state index contributed by atoms with van der Waals surface area (Å²) in [5.41, 5.74) is 1.26. The van der Waals surface area contributed by atoms with Gasteiger partial charge in [-0.05, 0) is 23.2 Å². The van der Waals surface area contributed by atoms with Crippen molar-refractivity contribution < 1.29 is 14.8 Å². The summed E-state index contributed by atoms with van der Waals surface area (Å²) in [5, 5.41) is 19.1. The van der Waals surface area contributed by atoms with Crippen LogP contribution in [0.4, 0.5) is 0 Å². The maximum atomic E-state index is 9.08. The van der Waals surface area contributed by atoms with Crippen LogP contribution in [0.5, 0.6) is 5.75 Å². The Bertz CT molecular complexity index is 576. The van der Waals surface area contributed by atoms with Crippen molar-refractivity contribution in [3.05, 3.63) is 58.1 Å². The van der Waals surface area contributed by atoms with Crippen LogP contribution in [0.3, 0.4) is 0 Å². The van der Waals surface area contributed by atoms with E-state index in [1.807, 2.05) is 6.07 Å². The monoisotopic (exact) mass is 296 g/mol. The molecule has 19 heavy (non-hydrogen) atoms. The molecule has 0 spiro atoms. The van der Waals surface area contributed by atoms with Gasteiger partial charge in [0, 0.05) is 6.07 Å². The van der Waals surface area contributed by atoms with E-state index in [1.54, 1.807) is 36.4 Å². The minimum Gasteiger partial charge on any atom is -0.489 e. The Labute approximate surface area is 121 Å². The standard InChI is InChI=1S/C13H11BCl2O3/c15-12-5-4-11(7-13(12)16)19-8-9-2-1-3-10(6-9)14(17)18/h1-7,17-18H,8H2. The van der Waals surface area contributed by atoms with E-state index in [4.69, 9.17) is 38.0 Å². The molecule has 6 heteroatoms. The third-order valence-electron chi connectivity index (χ3n) is 2.55. The largest absolute Gasteiger partial charge is 0.489 e. The van der Waals surface area contributed by atoms with Crippen LogP contribution in [0.15, 0.2) is 42.5 Å². The fourth-order valence-electron chi connectivity index (χ4n) is 1.58. The van der Waals surface area contributed by atoms with E-state index in [2.05, 4.69) is 0 Å². The Kier molecular flexibility index (Phi) is 4.72. The van der Waals surface area contributed by atoms with Crippen LogP contribution in [0.25, 0.3) is 0 Å². The lowest BCUT2D eigenvalue weighted by Crippen LogP contribution is -2.29. The lowest BCUT2D eigenvalue weighted by molar-refractivity contribution is 0.306. The number of halogens is 2. The summed E-state index contributed by atoms with van der Waals surface area (Å²) in [6, 6.07) is 11.9. The topological polar surface area (TPSA) is 49.7 Å². The van der Waals surface area contributed by atoms with Crippen LogP contribution in [0, 0.1) is 0 Å². The SMILES string of the molecule is OB(O)c1cccc(COc2ccc(Cl)c(Cl)c2)c1. The van der Waals surface area contributed by atoms with Crippen molar-refractivity contribution in [2.24, 2.45) is 0 Å². The first-order valence-corrected chi connectivity index (χ1v) is 6.34. The molecule has 0 heterocycles. The fraction of sp³-hybridized carbons (Fsp3) is 0.0769. The van der Waals surface area contributed by atoms with Crippen LogP contribution >= 0.6 is 23.2 Å². The molecule has 2 rings (SSSR count). The van der Waals surface area contributed by atoms with Crippen LogP contribution in [0.1, 0.15) is 5.56 Å². The fourth-order valence-corrected chi connectivity index (χ4v) is 1.86. The predicted molar refractivity (Wildman–Crippen MR) is 77.1 cm³/mol. The molecule has 0 saturated carbocycles. The Balaban J connectivity index is 2.05. The van der Waals surface area contributed by atoms with Gasteiger partial charge in [0.15, 0.2) is 0 Å². The number of rotatable bonds is 4. The van der Waals surface area contributed by atoms with Gasteiger partial charge in [0.05, 0.1) is 10.0 Å². The molecule has 0 aliphatic heterocycles.